The molecule has 0 N–H and O–H groups in total. The summed E-state index contributed by atoms with van der Waals surface area (Å²) in [6.45, 7) is 5.27. The molecule has 0 aromatic heterocycles. The van der Waals surface area contributed by atoms with Gasteiger partial charge in [0.25, 0.3) is 5.91 Å². The lowest BCUT2D eigenvalue weighted by atomic mass is 10.1. The van der Waals surface area contributed by atoms with Crippen LogP contribution in [0.5, 0.6) is 11.5 Å². The largest absolute Gasteiger partial charge is 0.457 e. The summed E-state index contributed by atoms with van der Waals surface area (Å²) in [6.07, 6.45) is 0. The van der Waals surface area contributed by atoms with Crippen molar-refractivity contribution >= 4 is 11.6 Å². The van der Waals surface area contributed by atoms with Gasteiger partial charge in [-0.25, -0.2) is 0 Å². The molecular formula is C24H24N2O2. The van der Waals surface area contributed by atoms with Crippen molar-refractivity contribution in [3.05, 3.63) is 90.0 Å². The minimum absolute atomic E-state index is 0.0788. The fourth-order valence-electron chi connectivity index (χ4n) is 3.47. The van der Waals surface area contributed by atoms with Gasteiger partial charge in [0.1, 0.15) is 11.5 Å². The fourth-order valence-corrected chi connectivity index (χ4v) is 3.47. The summed E-state index contributed by atoms with van der Waals surface area (Å²) >= 11 is 0. The number of hydrogen-bond donors (Lipinski definition) is 0. The summed E-state index contributed by atoms with van der Waals surface area (Å²) in [5.41, 5.74) is 3.19. The number of hydrogen-bond acceptors (Lipinski definition) is 3. The molecule has 0 unspecified atom stereocenters. The lowest BCUT2D eigenvalue weighted by molar-refractivity contribution is 0.0747. The number of para-hydroxylation sites is 1. The Hall–Kier alpha value is -3.27. The van der Waals surface area contributed by atoms with Crippen LogP contribution in [0.1, 0.15) is 15.9 Å². The van der Waals surface area contributed by atoms with Crippen molar-refractivity contribution in [1.29, 1.82) is 0 Å². The van der Waals surface area contributed by atoms with Gasteiger partial charge in [0.05, 0.1) is 0 Å². The summed E-state index contributed by atoms with van der Waals surface area (Å²) in [7, 11) is 0. The van der Waals surface area contributed by atoms with Crippen molar-refractivity contribution in [1.82, 2.24) is 4.90 Å². The first-order valence-electron chi connectivity index (χ1n) is 9.63. The molecule has 1 heterocycles. The molecule has 1 aliphatic heterocycles. The molecular weight excluding hydrogens is 348 g/mol. The predicted octanol–water partition coefficient (Wildman–Crippen LogP) is 4.75. The molecule has 3 aromatic carbocycles. The van der Waals surface area contributed by atoms with Gasteiger partial charge in [0.2, 0.25) is 0 Å². The van der Waals surface area contributed by atoms with E-state index in [0.717, 1.165) is 37.7 Å². The van der Waals surface area contributed by atoms with Crippen molar-refractivity contribution in [3.8, 4) is 11.5 Å². The normalized spacial score (nSPS) is 14.0. The molecule has 0 atom stereocenters. The van der Waals surface area contributed by atoms with Crippen LogP contribution in [0.25, 0.3) is 0 Å². The Morgan fingerprint density at radius 2 is 1.46 bits per heavy atom. The highest BCUT2D eigenvalue weighted by Gasteiger charge is 2.22. The molecule has 0 spiro atoms. The van der Waals surface area contributed by atoms with E-state index in [4.69, 9.17) is 4.74 Å². The Morgan fingerprint density at radius 3 is 2.14 bits per heavy atom. The van der Waals surface area contributed by atoms with Gasteiger partial charge in [0.15, 0.2) is 0 Å². The van der Waals surface area contributed by atoms with Crippen LogP contribution < -0.4 is 9.64 Å². The summed E-state index contributed by atoms with van der Waals surface area (Å²) < 4.78 is 5.80. The minimum Gasteiger partial charge on any atom is -0.457 e. The van der Waals surface area contributed by atoms with E-state index in [1.54, 1.807) is 0 Å². The van der Waals surface area contributed by atoms with Crippen LogP contribution >= 0.6 is 0 Å². The molecule has 1 fully saturated rings. The van der Waals surface area contributed by atoms with E-state index in [2.05, 4.69) is 36.1 Å². The Kier molecular flexibility index (Phi) is 5.29. The maximum atomic E-state index is 12.8. The molecule has 4 rings (SSSR count). The van der Waals surface area contributed by atoms with E-state index in [9.17, 15) is 4.79 Å². The summed E-state index contributed by atoms with van der Waals surface area (Å²) in [6, 6.07) is 25.5. The average Bonchev–Trinajstić information content (AvgIpc) is 2.75. The minimum atomic E-state index is 0.0788. The summed E-state index contributed by atoms with van der Waals surface area (Å²) in [5.74, 6) is 1.59. The van der Waals surface area contributed by atoms with E-state index in [1.165, 1.54) is 11.3 Å². The van der Waals surface area contributed by atoms with E-state index in [1.807, 2.05) is 59.5 Å². The number of carbonyl (C=O) groups is 1. The smallest absolute Gasteiger partial charge is 0.253 e. The Morgan fingerprint density at radius 1 is 0.786 bits per heavy atom. The third-order valence-corrected chi connectivity index (χ3v) is 5.01. The molecule has 28 heavy (non-hydrogen) atoms. The number of amides is 1. The zero-order valence-corrected chi connectivity index (χ0v) is 16.0. The number of piperazine rings is 1. The van der Waals surface area contributed by atoms with Gasteiger partial charge >= 0.3 is 0 Å². The number of rotatable bonds is 4. The zero-order valence-electron chi connectivity index (χ0n) is 16.0. The third-order valence-electron chi connectivity index (χ3n) is 5.01. The molecule has 4 nitrogen and oxygen atoms in total. The van der Waals surface area contributed by atoms with E-state index in [0.29, 0.717) is 5.56 Å². The first-order valence-corrected chi connectivity index (χ1v) is 9.63. The van der Waals surface area contributed by atoms with Crippen LogP contribution in [-0.2, 0) is 0 Å². The monoisotopic (exact) mass is 372 g/mol. The lowest BCUT2D eigenvalue weighted by Gasteiger charge is -2.36. The van der Waals surface area contributed by atoms with Crippen LogP contribution in [0.15, 0.2) is 78.9 Å². The molecule has 1 saturated heterocycles. The van der Waals surface area contributed by atoms with Crippen molar-refractivity contribution < 1.29 is 9.53 Å². The van der Waals surface area contributed by atoms with Gasteiger partial charge in [-0.05, 0) is 61.0 Å². The zero-order chi connectivity index (χ0) is 19.3. The maximum Gasteiger partial charge on any atom is 0.253 e. The first kappa shape index (κ1) is 18.1. The first-order chi connectivity index (χ1) is 13.7. The topological polar surface area (TPSA) is 32.8 Å². The van der Waals surface area contributed by atoms with Crippen molar-refractivity contribution in [2.45, 2.75) is 6.92 Å². The standard InChI is InChI=1S/C24H24N2O2/c1-19-6-5-7-21(18-19)25-14-16-26(17-15-25)24(27)20-10-12-23(13-11-20)28-22-8-3-2-4-9-22/h2-13,18H,14-17H2,1H3. The van der Waals surface area contributed by atoms with Crippen LogP contribution in [0.3, 0.4) is 0 Å². The second-order valence-electron chi connectivity index (χ2n) is 7.06. The number of ether oxygens (including phenoxy) is 1. The average molecular weight is 372 g/mol. The Bertz CT molecular complexity index is 930. The third kappa shape index (κ3) is 4.17. The Labute approximate surface area is 166 Å². The van der Waals surface area contributed by atoms with Gasteiger partial charge in [-0.2, -0.15) is 0 Å². The maximum absolute atomic E-state index is 12.8. The van der Waals surface area contributed by atoms with Crippen molar-refractivity contribution in [2.75, 3.05) is 31.1 Å². The number of aryl methyl sites for hydroxylation is 1. The summed E-state index contributed by atoms with van der Waals surface area (Å²) in [4.78, 5) is 17.1. The quantitative estimate of drug-likeness (QED) is 0.663. The molecule has 1 amide bonds. The molecule has 0 saturated carbocycles. The van der Waals surface area contributed by atoms with Crippen LogP contribution in [-0.4, -0.2) is 37.0 Å². The van der Waals surface area contributed by atoms with E-state index in [-0.39, 0.29) is 5.91 Å². The molecule has 0 radical (unpaired) electrons. The predicted molar refractivity (Wildman–Crippen MR) is 112 cm³/mol. The summed E-state index contributed by atoms with van der Waals surface area (Å²) in [5, 5.41) is 0. The van der Waals surface area contributed by atoms with Crippen LogP contribution in [0.4, 0.5) is 5.69 Å². The fraction of sp³-hybridized carbons (Fsp3) is 0.208. The highest BCUT2D eigenvalue weighted by Crippen LogP contribution is 2.22. The van der Waals surface area contributed by atoms with E-state index < -0.39 is 0 Å². The van der Waals surface area contributed by atoms with Crippen molar-refractivity contribution in [3.63, 3.8) is 0 Å². The molecule has 4 heteroatoms. The second-order valence-corrected chi connectivity index (χ2v) is 7.06. The van der Waals surface area contributed by atoms with Crippen LogP contribution in [0, 0.1) is 6.92 Å². The number of carbonyl (C=O) groups excluding carboxylic acids is 1. The molecule has 1 aliphatic rings. The molecule has 0 bridgehead atoms. The SMILES string of the molecule is Cc1cccc(N2CCN(C(=O)c3ccc(Oc4ccccc4)cc3)CC2)c1. The van der Waals surface area contributed by atoms with Gasteiger partial charge < -0.3 is 14.5 Å². The van der Waals surface area contributed by atoms with Crippen molar-refractivity contribution in [2.24, 2.45) is 0 Å². The highest BCUT2D eigenvalue weighted by atomic mass is 16.5. The lowest BCUT2D eigenvalue weighted by Crippen LogP contribution is -2.48. The van der Waals surface area contributed by atoms with Gasteiger partial charge in [-0.15, -0.1) is 0 Å². The van der Waals surface area contributed by atoms with Gasteiger partial charge in [0, 0.05) is 37.4 Å². The van der Waals surface area contributed by atoms with Gasteiger partial charge in [-0.1, -0.05) is 30.3 Å². The second kappa shape index (κ2) is 8.17. The molecule has 3 aromatic rings. The molecule has 0 aliphatic carbocycles. The van der Waals surface area contributed by atoms with Crippen LogP contribution in [0.2, 0.25) is 0 Å². The number of anilines is 1. The number of benzene rings is 3. The van der Waals surface area contributed by atoms with E-state index >= 15 is 0 Å². The van der Waals surface area contributed by atoms with Gasteiger partial charge in [-0.3, -0.25) is 4.79 Å². The number of nitrogens with zero attached hydrogens (tertiary/aromatic N) is 2. The highest BCUT2D eigenvalue weighted by molar-refractivity contribution is 5.94. The molecule has 142 valence electrons. The Balaban J connectivity index is 1.36.